The van der Waals surface area contributed by atoms with Crippen LogP contribution in [0.15, 0.2) is 4.99 Å². The zero-order chi connectivity index (χ0) is 12.9. The summed E-state index contributed by atoms with van der Waals surface area (Å²) in [6.07, 6.45) is -0.358. The lowest BCUT2D eigenvalue weighted by atomic mass is 10.4. The van der Waals surface area contributed by atoms with Gasteiger partial charge in [0.05, 0.1) is 30.8 Å². The van der Waals surface area contributed by atoms with Crippen molar-refractivity contribution in [3.8, 4) is 0 Å². The highest BCUT2D eigenvalue weighted by Crippen LogP contribution is 2.07. The molecule has 108 valence electrons. The number of ether oxygens (including phenoxy) is 1. The van der Waals surface area contributed by atoms with E-state index in [1.165, 1.54) is 0 Å². The Morgan fingerprint density at radius 3 is 2.56 bits per heavy atom. The van der Waals surface area contributed by atoms with E-state index in [0.717, 1.165) is 13.1 Å². The van der Waals surface area contributed by atoms with Crippen LogP contribution in [-0.2, 0) is 14.6 Å². The maximum atomic E-state index is 11.4. The molecule has 0 aromatic rings. The van der Waals surface area contributed by atoms with Crippen molar-refractivity contribution in [2.75, 3.05) is 37.7 Å². The van der Waals surface area contributed by atoms with Gasteiger partial charge >= 0.3 is 0 Å². The second-order valence-corrected chi connectivity index (χ2v) is 6.21. The van der Waals surface area contributed by atoms with Gasteiger partial charge in [0.2, 0.25) is 0 Å². The third kappa shape index (κ3) is 5.70. The van der Waals surface area contributed by atoms with Gasteiger partial charge in [0.1, 0.15) is 0 Å². The Hall–Kier alpha value is -0.0900. The molecule has 0 radical (unpaired) electrons. The molecule has 6 nitrogen and oxygen atoms in total. The zero-order valence-corrected chi connectivity index (χ0v) is 14.0. The molecular weight excluding hydrogens is 369 g/mol. The molecule has 1 fully saturated rings. The Morgan fingerprint density at radius 1 is 1.44 bits per heavy atom. The van der Waals surface area contributed by atoms with Crippen LogP contribution in [0.5, 0.6) is 0 Å². The summed E-state index contributed by atoms with van der Waals surface area (Å²) in [5, 5.41) is 0. The molecule has 1 atom stereocenters. The Kier molecular flexibility index (Phi) is 8.11. The van der Waals surface area contributed by atoms with E-state index in [0.29, 0.717) is 12.5 Å². The summed E-state index contributed by atoms with van der Waals surface area (Å²) in [5.41, 5.74) is 5.79. The molecule has 1 saturated heterocycles. The van der Waals surface area contributed by atoms with Crippen molar-refractivity contribution in [2.24, 2.45) is 10.7 Å². The van der Waals surface area contributed by atoms with E-state index < -0.39 is 9.84 Å². The van der Waals surface area contributed by atoms with E-state index in [1.54, 1.807) is 0 Å². The smallest absolute Gasteiger partial charge is 0.191 e. The number of aliphatic imine (C=N–C) groups is 1. The Bertz CT molecular complexity index is 369. The lowest BCUT2D eigenvalue weighted by Crippen LogP contribution is -2.40. The van der Waals surface area contributed by atoms with Crippen LogP contribution in [0.3, 0.4) is 0 Å². The first-order valence-electron chi connectivity index (χ1n) is 5.85. The van der Waals surface area contributed by atoms with E-state index in [4.69, 9.17) is 10.5 Å². The third-order valence-electron chi connectivity index (χ3n) is 2.73. The molecule has 0 aromatic carbocycles. The molecule has 18 heavy (non-hydrogen) atoms. The van der Waals surface area contributed by atoms with Gasteiger partial charge in [-0.25, -0.2) is 8.42 Å². The quantitative estimate of drug-likeness (QED) is 0.417. The van der Waals surface area contributed by atoms with Crippen molar-refractivity contribution in [1.82, 2.24) is 4.90 Å². The third-order valence-corrected chi connectivity index (χ3v) is 4.40. The highest BCUT2D eigenvalue weighted by molar-refractivity contribution is 14.0. The van der Waals surface area contributed by atoms with Crippen LogP contribution in [0.25, 0.3) is 0 Å². The Morgan fingerprint density at radius 2 is 2.06 bits per heavy atom. The van der Waals surface area contributed by atoms with Gasteiger partial charge in [-0.3, -0.25) is 4.99 Å². The maximum absolute atomic E-state index is 11.4. The highest BCUT2D eigenvalue weighted by Gasteiger charge is 2.25. The second kappa shape index (κ2) is 8.16. The molecule has 0 spiro atoms. The topological polar surface area (TPSA) is 85.0 Å². The van der Waals surface area contributed by atoms with Gasteiger partial charge in [-0.1, -0.05) is 0 Å². The minimum atomic E-state index is -2.96. The predicted molar refractivity (Wildman–Crippen MR) is 83.2 cm³/mol. The molecule has 0 amide bonds. The van der Waals surface area contributed by atoms with Crippen LogP contribution in [0.1, 0.15) is 13.8 Å². The fourth-order valence-corrected chi connectivity index (χ4v) is 2.99. The van der Waals surface area contributed by atoms with Gasteiger partial charge < -0.3 is 15.4 Å². The lowest BCUT2D eigenvalue weighted by Gasteiger charge is -2.23. The Balaban J connectivity index is 0.00000289. The van der Waals surface area contributed by atoms with Gasteiger partial charge in [0.25, 0.3) is 0 Å². The van der Waals surface area contributed by atoms with Gasteiger partial charge in [0.15, 0.2) is 15.8 Å². The van der Waals surface area contributed by atoms with Crippen molar-refractivity contribution in [2.45, 2.75) is 20.0 Å². The number of sulfone groups is 1. The first kappa shape index (κ1) is 17.9. The number of nitrogens with two attached hydrogens (primary N) is 1. The average Bonchev–Trinajstić information content (AvgIpc) is 2.27. The summed E-state index contributed by atoms with van der Waals surface area (Å²) >= 11 is 0. The molecule has 1 rings (SSSR count). The number of nitrogens with zero attached hydrogens (tertiary/aromatic N) is 2. The number of guanidine groups is 1. The lowest BCUT2D eigenvalue weighted by molar-refractivity contribution is 0.0781. The summed E-state index contributed by atoms with van der Waals surface area (Å²) in [6, 6.07) is 0. The van der Waals surface area contributed by atoms with Crippen molar-refractivity contribution < 1.29 is 13.2 Å². The molecule has 0 saturated carbocycles. The molecular formula is C10H22IN3O3S. The molecule has 2 N–H and O–H groups in total. The largest absolute Gasteiger partial charge is 0.374 e. The van der Waals surface area contributed by atoms with E-state index in [2.05, 4.69) is 4.99 Å². The molecule has 1 unspecified atom stereocenters. The molecule has 0 aliphatic carbocycles. The van der Waals surface area contributed by atoms with Crippen molar-refractivity contribution in [3.63, 3.8) is 0 Å². The molecule has 1 heterocycles. The summed E-state index contributed by atoms with van der Waals surface area (Å²) in [5.74, 6) is 0.599. The Labute approximate surface area is 126 Å². The zero-order valence-electron chi connectivity index (χ0n) is 10.8. The van der Waals surface area contributed by atoms with Crippen LogP contribution in [0, 0.1) is 0 Å². The van der Waals surface area contributed by atoms with E-state index >= 15 is 0 Å². The van der Waals surface area contributed by atoms with Crippen LogP contribution in [0.2, 0.25) is 0 Å². The minimum absolute atomic E-state index is 0. The summed E-state index contributed by atoms with van der Waals surface area (Å²) in [7, 11) is -2.96. The van der Waals surface area contributed by atoms with Gasteiger partial charge in [0, 0.05) is 13.1 Å². The summed E-state index contributed by atoms with van der Waals surface area (Å²) in [6.45, 7) is 6.13. The van der Waals surface area contributed by atoms with E-state index in [-0.39, 0.29) is 48.2 Å². The molecule has 0 aromatic heterocycles. The van der Waals surface area contributed by atoms with Crippen molar-refractivity contribution >= 4 is 39.8 Å². The molecule has 1 aliphatic rings. The normalized spacial score (nSPS) is 23.2. The van der Waals surface area contributed by atoms with Crippen LogP contribution in [0.4, 0.5) is 0 Å². The monoisotopic (exact) mass is 391 g/mol. The van der Waals surface area contributed by atoms with Crippen LogP contribution < -0.4 is 5.73 Å². The first-order valence-corrected chi connectivity index (χ1v) is 7.67. The van der Waals surface area contributed by atoms with Crippen molar-refractivity contribution in [1.29, 1.82) is 0 Å². The predicted octanol–water partition coefficient (Wildman–Crippen LogP) is 0.0745. The van der Waals surface area contributed by atoms with E-state index in [1.807, 2.05) is 18.7 Å². The molecule has 0 bridgehead atoms. The van der Waals surface area contributed by atoms with Gasteiger partial charge in [-0.2, -0.15) is 0 Å². The average molecular weight is 391 g/mol. The van der Waals surface area contributed by atoms with Crippen LogP contribution >= 0.6 is 24.0 Å². The van der Waals surface area contributed by atoms with E-state index in [9.17, 15) is 8.42 Å². The number of rotatable bonds is 4. The summed E-state index contributed by atoms with van der Waals surface area (Å²) < 4.78 is 28.1. The van der Waals surface area contributed by atoms with Crippen LogP contribution in [-0.4, -0.2) is 63.1 Å². The fourth-order valence-electron chi connectivity index (χ4n) is 1.70. The SMILES string of the molecule is CCN(CC)C(N)=NCC1CS(=O)(=O)CCO1.I. The fraction of sp³-hybridized carbons (Fsp3) is 0.900. The molecule has 1 aliphatic heterocycles. The molecule has 8 heteroatoms. The standard InChI is InChI=1S/C10H21N3O3S.HI/c1-3-13(4-2)10(11)12-7-9-8-17(14,15)6-5-16-9;/h9H,3-8H2,1-2H3,(H2,11,12);1H. The minimum Gasteiger partial charge on any atom is -0.374 e. The second-order valence-electron chi connectivity index (χ2n) is 3.98. The summed E-state index contributed by atoms with van der Waals surface area (Å²) in [4.78, 5) is 6.10. The van der Waals surface area contributed by atoms with Gasteiger partial charge in [-0.05, 0) is 13.8 Å². The first-order chi connectivity index (χ1) is 7.98. The van der Waals surface area contributed by atoms with Gasteiger partial charge in [-0.15, -0.1) is 24.0 Å². The maximum Gasteiger partial charge on any atom is 0.191 e. The van der Waals surface area contributed by atoms with Crippen molar-refractivity contribution in [3.05, 3.63) is 0 Å². The number of halogens is 1. The number of hydrogen-bond acceptors (Lipinski definition) is 4. The number of hydrogen-bond donors (Lipinski definition) is 1. The highest BCUT2D eigenvalue weighted by atomic mass is 127.